The van der Waals surface area contributed by atoms with Crippen LogP contribution < -0.4 is 10.2 Å². The van der Waals surface area contributed by atoms with Crippen molar-refractivity contribution in [1.29, 1.82) is 0 Å². The Bertz CT molecular complexity index is 741. The predicted molar refractivity (Wildman–Crippen MR) is 107 cm³/mol. The van der Waals surface area contributed by atoms with Crippen molar-refractivity contribution >= 4 is 11.9 Å². The van der Waals surface area contributed by atoms with Crippen LogP contribution in [0.15, 0.2) is 30.6 Å². The van der Waals surface area contributed by atoms with Gasteiger partial charge in [0.2, 0.25) is 11.9 Å². The molecule has 144 valence electrons. The van der Waals surface area contributed by atoms with Gasteiger partial charge in [-0.2, -0.15) is 0 Å². The van der Waals surface area contributed by atoms with Crippen molar-refractivity contribution in [3.05, 3.63) is 47.5 Å². The van der Waals surface area contributed by atoms with E-state index in [1.54, 1.807) is 6.20 Å². The van der Waals surface area contributed by atoms with Gasteiger partial charge in [0.1, 0.15) is 0 Å². The zero-order valence-corrected chi connectivity index (χ0v) is 16.3. The maximum Gasteiger partial charge on any atom is 0.226 e. The smallest absolute Gasteiger partial charge is 0.226 e. The van der Waals surface area contributed by atoms with Crippen LogP contribution >= 0.6 is 0 Å². The van der Waals surface area contributed by atoms with E-state index in [1.165, 1.54) is 32.1 Å². The van der Waals surface area contributed by atoms with Gasteiger partial charge in [0, 0.05) is 42.4 Å². The lowest BCUT2D eigenvalue weighted by molar-refractivity contribution is -0.121. The Labute approximate surface area is 161 Å². The summed E-state index contributed by atoms with van der Waals surface area (Å²) in [7, 11) is 0. The lowest BCUT2D eigenvalue weighted by atomic mass is 10.1. The third-order valence-electron chi connectivity index (χ3n) is 5.06. The molecule has 0 aromatic carbocycles. The normalized spacial score (nSPS) is 16.3. The van der Waals surface area contributed by atoms with E-state index in [0.29, 0.717) is 0 Å². The fourth-order valence-corrected chi connectivity index (χ4v) is 3.53. The molecule has 1 atom stereocenters. The first-order valence-corrected chi connectivity index (χ1v) is 9.91. The molecular formula is C21H29N5O. The van der Waals surface area contributed by atoms with Gasteiger partial charge in [0.05, 0.1) is 12.5 Å². The summed E-state index contributed by atoms with van der Waals surface area (Å²) in [5, 5.41) is 3.03. The molecule has 1 aliphatic rings. The second-order valence-electron chi connectivity index (χ2n) is 7.25. The summed E-state index contributed by atoms with van der Waals surface area (Å²) in [4.78, 5) is 28.1. The topological polar surface area (TPSA) is 71.0 Å². The van der Waals surface area contributed by atoms with E-state index in [1.807, 2.05) is 38.2 Å². The highest BCUT2D eigenvalue weighted by Gasteiger charge is 2.17. The van der Waals surface area contributed by atoms with Crippen LogP contribution in [-0.4, -0.2) is 33.9 Å². The number of amides is 1. The molecule has 0 aliphatic carbocycles. The molecule has 1 saturated heterocycles. The molecule has 1 amide bonds. The first-order chi connectivity index (χ1) is 13.1. The van der Waals surface area contributed by atoms with Crippen molar-refractivity contribution in [3.63, 3.8) is 0 Å². The molecule has 1 aliphatic heterocycles. The Kier molecular flexibility index (Phi) is 6.74. The van der Waals surface area contributed by atoms with Gasteiger partial charge in [0.25, 0.3) is 0 Å². The number of carbonyl (C=O) groups is 1. The van der Waals surface area contributed by atoms with E-state index in [0.717, 1.165) is 36.0 Å². The van der Waals surface area contributed by atoms with Gasteiger partial charge in [-0.15, -0.1) is 0 Å². The lowest BCUT2D eigenvalue weighted by Crippen LogP contribution is -2.31. The number of aryl methyl sites for hydroxylation is 1. The molecular weight excluding hydrogens is 338 g/mol. The zero-order valence-electron chi connectivity index (χ0n) is 16.3. The van der Waals surface area contributed by atoms with Gasteiger partial charge >= 0.3 is 0 Å². The van der Waals surface area contributed by atoms with Gasteiger partial charge in [0.15, 0.2) is 0 Å². The fourth-order valence-electron chi connectivity index (χ4n) is 3.53. The number of carbonyl (C=O) groups excluding carboxylic acids is 1. The maximum absolute atomic E-state index is 12.3. The third kappa shape index (κ3) is 5.49. The minimum absolute atomic E-state index is 0.0477. The van der Waals surface area contributed by atoms with E-state index in [9.17, 15) is 4.79 Å². The van der Waals surface area contributed by atoms with E-state index in [-0.39, 0.29) is 18.4 Å². The third-order valence-corrected chi connectivity index (χ3v) is 5.06. The van der Waals surface area contributed by atoms with Crippen LogP contribution in [0.1, 0.15) is 62.0 Å². The summed E-state index contributed by atoms with van der Waals surface area (Å²) in [6.07, 6.45) is 10.1. The molecule has 0 radical (unpaired) electrons. The van der Waals surface area contributed by atoms with Crippen LogP contribution in [0.5, 0.6) is 0 Å². The molecule has 6 heteroatoms. The van der Waals surface area contributed by atoms with Crippen LogP contribution in [-0.2, 0) is 11.2 Å². The minimum Gasteiger partial charge on any atom is -0.349 e. The number of hydrogen-bond acceptors (Lipinski definition) is 5. The van der Waals surface area contributed by atoms with Crippen molar-refractivity contribution in [2.45, 2.75) is 58.4 Å². The zero-order chi connectivity index (χ0) is 19.1. The predicted octanol–water partition coefficient (Wildman–Crippen LogP) is 3.37. The molecule has 3 rings (SSSR count). The molecule has 2 aromatic rings. The Morgan fingerprint density at radius 1 is 1.15 bits per heavy atom. The Morgan fingerprint density at radius 2 is 1.89 bits per heavy atom. The highest BCUT2D eigenvalue weighted by atomic mass is 16.1. The van der Waals surface area contributed by atoms with Crippen molar-refractivity contribution in [2.75, 3.05) is 18.0 Å². The highest BCUT2D eigenvalue weighted by molar-refractivity contribution is 5.78. The molecule has 1 N–H and O–H groups in total. The number of rotatable bonds is 5. The summed E-state index contributed by atoms with van der Waals surface area (Å²) in [6.45, 7) is 6.01. The molecule has 3 heterocycles. The van der Waals surface area contributed by atoms with Crippen molar-refractivity contribution in [3.8, 4) is 0 Å². The molecule has 0 spiro atoms. The minimum atomic E-state index is -0.136. The average molecular weight is 367 g/mol. The summed E-state index contributed by atoms with van der Waals surface area (Å²) in [5.41, 5.74) is 2.65. The van der Waals surface area contributed by atoms with Crippen LogP contribution in [0.3, 0.4) is 0 Å². The van der Waals surface area contributed by atoms with Gasteiger partial charge < -0.3 is 10.2 Å². The summed E-state index contributed by atoms with van der Waals surface area (Å²) < 4.78 is 0. The Balaban J connectivity index is 1.63. The molecule has 27 heavy (non-hydrogen) atoms. The van der Waals surface area contributed by atoms with Crippen LogP contribution in [0.4, 0.5) is 5.95 Å². The summed E-state index contributed by atoms with van der Waals surface area (Å²) in [5.74, 6) is 0.763. The lowest BCUT2D eigenvalue weighted by Gasteiger charge is -2.25. The largest absolute Gasteiger partial charge is 0.349 e. The van der Waals surface area contributed by atoms with Gasteiger partial charge in [-0.25, -0.2) is 9.97 Å². The standard InChI is InChI=1S/C21H29N5O/c1-16(24-20(27)14-18-10-6-7-11-22-18)19-15-23-21(25-17(19)2)26-12-8-4-3-5-9-13-26/h6-7,10-11,15-16H,3-5,8-9,12-14H2,1-2H3,(H,24,27). The summed E-state index contributed by atoms with van der Waals surface area (Å²) >= 11 is 0. The van der Waals surface area contributed by atoms with Crippen molar-refractivity contribution < 1.29 is 4.79 Å². The van der Waals surface area contributed by atoms with Gasteiger partial charge in [-0.1, -0.05) is 25.3 Å². The van der Waals surface area contributed by atoms with Gasteiger partial charge in [-0.05, 0) is 38.8 Å². The van der Waals surface area contributed by atoms with Gasteiger partial charge in [-0.3, -0.25) is 9.78 Å². The van der Waals surface area contributed by atoms with E-state index >= 15 is 0 Å². The average Bonchev–Trinajstić information content (AvgIpc) is 2.62. The SMILES string of the molecule is Cc1nc(N2CCCCCCC2)ncc1C(C)NC(=O)Cc1ccccn1. The highest BCUT2D eigenvalue weighted by Crippen LogP contribution is 2.20. The van der Waals surface area contributed by atoms with Crippen LogP contribution in [0, 0.1) is 6.92 Å². The Hall–Kier alpha value is -2.50. The van der Waals surface area contributed by atoms with E-state index in [4.69, 9.17) is 4.98 Å². The molecule has 2 aromatic heterocycles. The summed E-state index contributed by atoms with van der Waals surface area (Å²) in [6, 6.07) is 5.46. The number of anilines is 1. The molecule has 0 bridgehead atoms. The second-order valence-corrected chi connectivity index (χ2v) is 7.25. The number of hydrogen-bond donors (Lipinski definition) is 1. The number of nitrogens with zero attached hydrogens (tertiary/aromatic N) is 4. The molecule has 6 nitrogen and oxygen atoms in total. The second kappa shape index (κ2) is 9.44. The number of aromatic nitrogens is 3. The van der Waals surface area contributed by atoms with E-state index < -0.39 is 0 Å². The maximum atomic E-state index is 12.3. The molecule has 0 saturated carbocycles. The molecule has 1 fully saturated rings. The van der Waals surface area contributed by atoms with Crippen LogP contribution in [0.25, 0.3) is 0 Å². The first-order valence-electron chi connectivity index (χ1n) is 9.91. The Morgan fingerprint density at radius 3 is 2.56 bits per heavy atom. The van der Waals surface area contributed by atoms with E-state index in [2.05, 4.69) is 20.2 Å². The van der Waals surface area contributed by atoms with Crippen LogP contribution in [0.2, 0.25) is 0 Å². The quantitative estimate of drug-likeness (QED) is 0.877. The fraction of sp³-hybridized carbons (Fsp3) is 0.524. The first kappa shape index (κ1) is 19.3. The monoisotopic (exact) mass is 367 g/mol. The van der Waals surface area contributed by atoms with Crippen molar-refractivity contribution in [1.82, 2.24) is 20.3 Å². The van der Waals surface area contributed by atoms with Crippen molar-refractivity contribution in [2.24, 2.45) is 0 Å². The number of pyridine rings is 1. The number of nitrogens with one attached hydrogen (secondary N) is 1. The molecule has 1 unspecified atom stereocenters.